The van der Waals surface area contributed by atoms with Gasteiger partial charge in [0.2, 0.25) is 5.43 Å². The van der Waals surface area contributed by atoms with Gasteiger partial charge in [0.15, 0.2) is 0 Å². The Kier molecular flexibility index (Phi) is 2.76. The standard InChI is InChI=1S/C17H13NO/c18-16-8-4-3-7-15(17(16)19)14-10-9-12-5-1-2-6-13(12)11-14/h1-11H,(H2,18,19). The van der Waals surface area contributed by atoms with Gasteiger partial charge >= 0.3 is 0 Å². The van der Waals surface area contributed by atoms with E-state index < -0.39 is 0 Å². The summed E-state index contributed by atoms with van der Waals surface area (Å²) in [6.07, 6.45) is 0. The van der Waals surface area contributed by atoms with Crippen molar-refractivity contribution in [3.8, 4) is 11.1 Å². The highest BCUT2D eigenvalue weighted by Crippen LogP contribution is 2.22. The Labute approximate surface area is 111 Å². The minimum atomic E-state index is -0.125. The molecule has 0 unspecified atom stereocenters. The number of fused-ring (bicyclic) bond motifs is 1. The van der Waals surface area contributed by atoms with Gasteiger partial charge in [0.1, 0.15) is 0 Å². The van der Waals surface area contributed by atoms with E-state index in [4.69, 9.17) is 5.73 Å². The molecular weight excluding hydrogens is 234 g/mol. The average molecular weight is 247 g/mol. The molecule has 0 aromatic heterocycles. The summed E-state index contributed by atoms with van der Waals surface area (Å²) in [4.78, 5) is 12.2. The van der Waals surface area contributed by atoms with Crippen LogP contribution in [0.15, 0.2) is 71.5 Å². The van der Waals surface area contributed by atoms with Crippen LogP contribution in [0.4, 0.5) is 5.69 Å². The molecule has 2 nitrogen and oxygen atoms in total. The molecule has 2 heteroatoms. The molecule has 0 saturated heterocycles. The fourth-order valence-corrected chi connectivity index (χ4v) is 2.20. The number of hydrogen-bond acceptors (Lipinski definition) is 2. The van der Waals surface area contributed by atoms with Crippen LogP contribution >= 0.6 is 0 Å². The smallest absolute Gasteiger partial charge is 0.209 e. The molecule has 3 rings (SSSR count). The summed E-state index contributed by atoms with van der Waals surface area (Å²) in [5.74, 6) is 0. The van der Waals surface area contributed by atoms with Gasteiger partial charge in [-0.2, -0.15) is 0 Å². The molecule has 0 fully saturated rings. The van der Waals surface area contributed by atoms with Crippen molar-refractivity contribution in [1.29, 1.82) is 0 Å². The normalized spacial score (nSPS) is 10.5. The van der Waals surface area contributed by atoms with Gasteiger partial charge in [0.25, 0.3) is 0 Å². The summed E-state index contributed by atoms with van der Waals surface area (Å²) in [5, 5.41) is 2.27. The second-order valence-corrected chi connectivity index (χ2v) is 4.48. The molecule has 19 heavy (non-hydrogen) atoms. The van der Waals surface area contributed by atoms with E-state index in [1.165, 1.54) is 0 Å². The van der Waals surface area contributed by atoms with Crippen molar-refractivity contribution in [1.82, 2.24) is 0 Å². The monoisotopic (exact) mass is 247 g/mol. The maximum Gasteiger partial charge on any atom is 0.209 e. The molecule has 0 amide bonds. The van der Waals surface area contributed by atoms with Crippen molar-refractivity contribution < 1.29 is 0 Å². The zero-order chi connectivity index (χ0) is 13.2. The number of nitrogens with two attached hydrogens (primary N) is 1. The number of nitrogen functional groups attached to an aromatic ring is 1. The van der Waals surface area contributed by atoms with Crippen molar-refractivity contribution in [2.24, 2.45) is 0 Å². The predicted octanol–water partition coefficient (Wildman–Crippen LogP) is 3.45. The number of rotatable bonds is 1. The van der Waals surface area contributed by atoms with Crippen LogP contribution in [0, 0.1) is 0 Å². The Morgan fingerprint density at radius 3 is 2.26 bits per heavy atom. The highest BCUT2D eigenvalue weighted by atomic mass is 16.1. The van der Waals surface area contributed by atoms with Crippen LogP contribution in [0.5, 0.6) is 0 Å². The molecule has 0 heterocycles. The highest BCUT2D eigenvalue weighted by molar-refractivity contribution is 5.87. The van der Waals surface area contributed by atoms with E-state index in [0.29, 0.717) is 5.56 Å². The lowest BCUT2D eigenvalue weighted by molar-refractivity contribution is 1.60. The molecule has 0 saturated carbocycles. The summed E-state index contributed by atoms with van der Waals surface area (Å²) in [6.45, 7) is 0. The lowest BCUT2D eigenvalue weighted by Crippen LogP contribution is -2.07. The minimum Gasteiger partial charge on any atom is -0.396 e. The molecule has 92 valence electrons. The average Bonchev–Trinajstić information content (AvgIpc) is 2.61. The first-order chi connectivity index (χ1) is 9.25. The van der Waals surface area contributed by atoms with E-state index in [9.17, 15) is 4.79 Å². The number of benzene rings is 2. The van der Waals surface area contributed by atoms with Gasteiger partial charge in [-0.05, 0) is 28.5 Å². The van der Waals surface area contributed by atoms with Gasteiger partial charge in [-0.3, -0.25) is 4.79 Å². The van der Waals surface area contributed by atoms with Gasteiger partial charge in [0, 0.05) is 5.56 Å². The molecule has 0 aliphatic heterocycles. The Bertz CT molecular complexity index is 809. The molecule has 3 aromatic carbocycles. The van der Waals surface area contributed by atoms with Crippen molar-refractivity contribution in [3.05, 3.63) is 77.0 Å². The second kappa shape index (κ2) is 4.58. The zero-order valence-corrected chi connectivity index (χ0v) is 10.3. The SMILES string of the molecule is Nc1ccccc(-c2ccc3ccccc3c2)c1=O. The first-order valence-electron chi connectivity index (χ1n) is 6.14. The van der Waals surface area contributed by atoms with Crippen LogP contribution in [0.3, 0.4) is 0 Å². The fraction of sp³-hybridized carbons (Fsp3) is 0. The maximum atomic E-state index is 12.2. The van der Waals surface area contributed by atoms with Gasteiger partial charge in [0.05, 0.1) is 5.69 Å². The van der Waals surface area contributed by atoms with E-state index in [0.717, 1.165) is 16.3 Å². The lowest BCUT2D eigenvalue weighted by atomic mass is 10.0. The van der Waals surface area contributed by atoms with Crippen molar-refractivity contribution in [3.63, 3.8) is 0 Å². The summed E-state index contributed by atoms with van der Waals surface area (Å²) in [6, 6.07) is 21.1. The van der Waals surface area contributed by atoms with E-state index in [-0.39, 0.29) is 11.1 Å². The van der Waals surface area contributed by atoms with Gasteiger partial charge < -0.3 is 5.73 Å². The van der Waals surface area contributed by atoms with Gasteiger partial charge in [-0.1, -0.05) is 54.6 Å². The van der Waals surface area contributed by atoms with Gasteiger partial charge in [-0.25, -0.2) is 0 Å². The summed E-state index contributed by atoms with van der Waals surface area (Å²) in [5.41, 5.74) is 7.41. The molecule has 0 atom stereocenters. The van der Waals surface area contributed by atoms with Crippen LogP contribution in [0.25, 0.3) is 21.9 Å². The molecule has 0 aliphatic carbocycles. The number of hydrogen-bond donors (Lipinski definition) is 1. The Morgan fingerprint density at radius 2 is 1.42 bits per heavy atom. The largest absolute Gasteiger partial charge is 0.396 e. The molecule has 3 aromatic rings. The first kappa shape index (κ1) is 11.5. The van der Waals surface area contributed by atoms with E-state index >= 15 is 0 Å². The Hall–Kier alpha value is -2.61. The van der Waals surface area contributed by atoms with Crippen molar-refractivity contribution in [2.75, 3.05) is 5.73 Å². The zero-order valence-electron chi connectivity index (χ0n) is 10.3. The Morgan fingerprint density at radius 1 is 0.737 bits per heavy atom. The van der Waals surface area contributed by atoms with Crippen molar-refractivity contribution >= 4 is 16.5 Å². The lowest BCUT2D eigenvalue weighted by Gasteiger charge is -2.02. The van der Waals surface area contributed by atoms with Crippen LogP contribution in [0.1, 0.15) is 0 Å². The third-order valence-corrected chi connectivity index (χ3v) is 3.22. The van der Waals surface area contributed by atoms with E-state index in [2.05, 4.69) is 6.07 Å². The molecule has 0 aliphatic rings. The second-order valence-electron chi connectivity index (χ2n) is 4.48. The third-order valence-electron chi connectivity index (χ3n) is 3.22. The molecule has 0 radical (unpaired) electrons. The van der Waals surface area contributed by atoms with Crippen LogP contribution in [-0.4, -0.2) is 0 Å². The van der Waals surface area contributed by atoms with Crippen LogP contribution in [-0.2, 0) is 0 Å². The summed E-state index contributed by atoms with van der Waals surface area (Å²) in [7, 11) is 0. The fourth-order valence-electron chi connectivity index (χ4n) is 2.20. The quantitative estimate of drug-likeness (QED) is 0.715. The molecular formula is C17H13NO. The molecule has 0 bridgehead atoms. The first-order valence-corrected chi connectivity index (χ1v) is 6.14. The van der Waals surface area contributed by atoms with Crippen molar-refractivity contribution in [2.45, 2.75) is 0 Å². The highest BCUT2D eigenvalue weighted by Gasteiger charge is 2.04. The maximum absolute atomic E-state index is 12.2. The van der Waals surface area contributed by atoms with Crippen LogP contribution < -0.4 is 11.2 Å². The molecule has 2 N–H and O–H groups in total. The van der Waals surface area contributed by atoms with E-state index in [1.807, 2.05) is 48.5 Å². The summed E-state index contributed by atoms with van der Waals surface area (Å²) < 4.78 is 0. The van der Waals surface area contributed by atoms with Crippen LogP contribution in [0.2, 0.25) is 0 Å². The predicted molar refractivity (Wildman–Crippen MR) is 80.1 cm³/mol. The van der Waals surface area contributed by atoms with E-state index in [1.54, 1.807) is 12.1 Å². The topological polar surface area (TPSA) is 43.1 Å². The molecule has 0 spiro atoms. The Balaban J connectivity index is 2.29. The number of anilines is 1. The summed E-state index contributed by atoms with van der Waals surface area (Å²) >= 11 is 0. The van der Waals surface area contributed by atoms with Gasteiger partial charge in [-0.15, -0.1) is 0 Å². The third kappa shape index (κ3) is 2.08. The minimum absolute atomic E-state index is 0.125.